The first-order chi connectivity index (χ1) is 11.5. The van der Waals surface area contributed by atoms with Crippen LogP contribution >= 0.6 is 45.2 Å². The van der Waals surface area contributed by atoms with E-state index < -0.39 is 0 Å². The normalized spacial score (nSPS) is 31.3. The van der Waals surface area contributed by atoms with Crippen LogP contribution in [-0.2, 0) is 9.59 Å². The zero-order chi connectivity index (χ0) is 17.0. The van der Waals surface area contributed by atoms with Gasteiger partial charge in [0.1, 0.15) is 5.75 Å². The first-order valence-electron chi connectivity index (χ1n) is 7.75. The second-order valence-electron chi connectivity index (χ2n) is 6.41. The summed E-state index contributed by atoms with van der Waals surface area (Å²) in [5, 5.41) is 15.1. The van der Waals surface area contributed by atoms with E-state index in [1.165, 1.54) is 6.21 Å². The number of fused-ring (bicyclic) bond motifs is 1. The number of halogens is 2. The summed E-state index contributed by atoms with van der Waals surface area (Å²) in [6.07, 6.45) is 7.67. The molecule has 0 radical (unpaired) electrons. The van der Waals surface area contributed by atoms with Gasteiger partial charge in [-0.25, -0.2) is 0 Å². The number of nitrogens with zero attached hydrogens (tertiary/aromatic N) is 2. The van der Waals surface area contributed by atoms with Crippen molar-refractivity contribution >= 4 is 63.2 Å². The van der Waals surface area contributed by atoms with Crippen LogP contribution in [-0.4, -0.2) is 28.1 Å². The third-order valence-electron chi connectivity index (χ3n) is 5.10. The zero-order valence-corrected chi connectivity index (χ0v) is 16.8. The molecule has 2 bridgehead atoms. The summed E-state index contributed by atoms with van der Waals surface area (Å²) in [5.74, 6) is -0.251. The van der Waals surface area contributed by atoms with Crippen LogP contribution in [0.3, 0.4) is 0 Å². The van der Waals surface area contributed by atoms with Gasteiger partial charge in [-0.3, -0.25) is 9.59 Å². The van der Waals surface area contributed by atoms with Crippen molar-refractivity contribution in [1.29, 1.82) is 0 Å². The maximum Gasteiger partial charge on any atom is 0.254 e. The second kappa shape index (κ2) is 6.08. The SMILES string of the molecule is O=C1[C@@H]2[C@@H](C(=O)N1/N=C\c1cc(I)c(O)c(I)c1)[C@H]1C=C[C@@H]2CC1. The molecule has 1 N–H and O–H groups in total. The number of benzene rings is 1. The summed E-state index contributed by atoms with van der Waals surface area (Å²) in [4.78, 5) is 25.3. The minimum absolute atomic E-state index is 0.173. The minimum atomic E-state index is -0.238. The van der Waals surface area contributed by atoms with Gasteiger partial charge in [0, 0.05) is 0 Å². The van der Waals surface area contributed by atoms with E-state index in [1.54, 1.807) is 12.1 Å². The lowest BCUT2D eigenvalue weighted by atomic mass is 9.63. The van der Waals surface area contributed by atoms with Crippen LogP contribution in [0.1, 0.15) is 18.4 Å². The van der Waals surface area contributed by atoms with Crippen LogP contribution in [0.15, 0.2) is 29.4 Å². The summed E-state index contributed by atoms with van der Waals surface area (Å²) >= 11 is 4.08. The zero-order valence-electron chi connectivity index (χ0n) is 12.5. The van der Waals surface area contributed by atoms with Gasteiger partial charge in [0.25, 0.3) is 11.8 Å². The first kappa shape index (κ1) is 16.5. The van der Waals surface area contributed by atoms with E-state index in [1.807, 2.05) is 45.2 Å². The lowest BCUT2D eigenvalue weighted by molar-refractivity contribution is -0.140. The average molecular weight is 548 g/mol. The van der Waals surface area contributed by atoms with Gasteiger partial charge in [-0.05, 0) is 87.6 Å². The molecule has 0 spiro atoms. The summed E-state index contributed by atoms with van der Waals surface area (Å²) in [7, 11) is 0. The number of phenolic OH excluding ortho intramolecular Hbond substituents is 1. The van der Waals surface area contributed by atoms with E-state index in [4.69, 9.17) is 0 Å². The molecular weight excluding hydrogens is 534 g/mol. The van der Waals surface area contributed by atoms with Crippen molar-refractivity contribution in [3.8, 4) is 5.75 Å². The molecule has 3 aliphatic carbocycles. The Kier molecular flexibility index (Phi) is 4.18. The van der Waals surface area contributed by atoms with Crippen LogP contribution in [0.4, 0.5) is 0 Å². The highest BCUT2D eigenvalue weighted by Crippen LogP contribution is 2.49. The number of amides is 2. The predicted molar refractivity (Wildman–Crippen MR) is 105 cm³/mol. The maximum atomic E-state index is 12.7. The molecule has 24 heavy (non-hydrogen) atoms. The number of carbonyl (C=O) groups excluding carboxylic acids is 2. The highest BCUT2D eigenvalue weighted by atomic mass is 127. The van der Waals surface area contributed by atoms with Crippen molar-refractivity contribution in [3.05, 3.63) is 37.0 Å². The van der Waals surface area contributed by atoms with Gasteiger partial charge in [0.15, 0.2) is 0 Å². The molecule has 5 nitrogen and oxygen atoms in total. The number of rotatable bonds is 2. The molecule has 1 aromatic carbocycles. The van der Waals surface area contributed by atoms with Gasteiger partial charge in [0.05, 0.1) is 25.2 Å². The quantitative estimate of drug-likeness (QED) is 0.268. The monoisotopic (exact) mass is 548 g/mol. The Bertz CT molecular complexity index is 750. The molecule has 1 saturated carbocycles. The predicted octanol–water partition coefficient (Wildman–Crippen LogP) is 3.13. The molecule has 0 aromatic heterocycles. The Balaban J connectivity index is 1.62. The lowest BCUT2D eigenvalue weighted by Crippen LogP contribution is -2.38. The fraction of sp³-hybridized carbons (Fsp3) is 0.353. The molecule has 1 heterocycles. The smallest absolute Gasteiger partial charge is 0.254 e. The van der Waals surface area contributed by atoms with Crippen LogP contribution in [0.5, 0.6) is 5.75 Å². The molecule has 1 aromatic rings. The van der Waals surface area contributed by atoms with E-state index in [0.717, 1.165) is 23.4 Å². The molecule has 4 aliphatic rings. The lowest BCUT2D eigenvalue weighted by Gasteiger charge is -2.37. The number of hydrogen-bond donors (Lipinski definition) is 1. The first-order valence-corrected chi connectivity index (χ1v) is 9.91. The van der Waals surface area contributed by atoms with Gasteiger partial charge < -0.3 is 5.11 Å². The number of imide groups is 1. The fourth-order valence-electron chi connectivity index (χ4n) is 3.96. The number of allylic oxidation sites excluding steroid dienone is 2. The molecule has 2 fully saturated rings. The number of hydrazone groups is 1. The average Bonchev–Trinajstić information content (AvgIpc) is 2.85. The molecular formula is C17H14I2N2O3. The van der Waals surface area contributed by atoms with E-state index >= 15 is 0 Å². The summed E-state index contributed by atoms with van der Waals surface area (Å²) < 4.78 is 1.41. The largest absolute Gasteiger partial charge is 0.506 e. The number of aromatic hydroxyl groups is 1. The molecule has 1 aliphatic heterocycles. The van der Waals surface area contributed by atoms with E-state index in [2.05, 4.69) is 17.3 Å². The van der Waals surface area contributed by atoms with Gasteiger partial charge in [-0.1, -0.05) is 12.2 Å². The van der Waals surface area contributed by atoms with Crippen molar-refractivity contribution in [2.24, 2.45) is 28.8 Å². The Morgan fingerprint density at radius 1 is 1.04 bits per heavy atom. The van der Waals surface area contributed by atoms with Crippen molar-refractivity contribution in [2.45, 2.75) is 12.8 Å². The number of phenols is 1. The van der Waals surface area contributed by atoms with Crippen LogP contribution in [0.2, 0.25) is 0 Å². The summed E-state index contributed by atoms with van der Waals surface area (Å²) in [6.45, 7) is 0. The maximum absolute atomic E-state index is 12.7. The third kappa shape index (κ3) is 2.51. The number of hydrogen-bond acceptors (Lipinski definition) is 4. The summed E-state index contributed by atoms with van der Waals surface area (Å²) in [5.41, 5.74) is 0.748. The minimum Gasteiger partial charge on any atom is -0.506 e. The Morgan fingerprint density at radius 3 is 2.00 bits per heavy atom. The molecule has 7 heteroatoms. The van der Waals surface area contributed by atoms with Crippen molar-refractivity contribution in [3.63, 3.8) is 0 Å². The molecule has 2 amide bonds. The van der Waals surface area contributed by atoms with Gasteiger partial charge in [-0.15, -0.1) is 0 Å². The van der Waals surface area contributed by atoms with Crippen LogP contribution in [0, 0.1) is 30.8 Å². The molecule has 4 atom stereocenters. The van der Waals surface area contributed by atoms with Crippen LogP contribution < -0.4 is 0 Å². The van der Waals surface area contributed by atoms with Gasteiger partial charge in [-0.2, -0.15) is 10.1 Å². The van der Waals surface area contributed by atoms with Crippen LogP contribution in [0.25, 0.3) is 0 Å². The van der Waals surface area contributed by atoms with Gasteiger partial charge in [0.2, 0.25) is 0 Å². The van der Waals surface area contributed by atoms with E-state index in [0.29, 0.717) is 7.14 Å². The Labute approximate surface area is 166 Å². The van der Waals surface area contributed by atoms with Gasteiger partial charge >= 0.3 is 0 Å². The standard InChI is InChI=1S/C17H14I2N2O3/c18-11-5-8(6-12(19)15(11)22)7-20-21-16(23)13-9-1-2-10(4-3-9)14(13)17(21)24/h1-2,5-7,9-10,13-14,22H,3-4H2/b20-7-/t9-,10+,13-,14-/m0/s1. The van der Waals surface area contributed by atoms with Crippen molar-refractivity contribution in [2.75, 3.05) is 0 Å². The summed E-state index contributed by atoms with van der Waals surface area (Å²) in [6, 6.07) is 3.54. The topological polar surface area (TPSA) is 70.0 Å². The molecule has 0 unspecified atom stereocenters. The fourth-order valence-corrected chi connectivity index (χ4v) is 5.77. The molecule has 1 saturated heterocycles. The van der Waals surface area contributed by atoms with E-state index in [9.17, 15) is 14.7 Å². The molecule has 124 valence electrons. The Morgan fingerprint density at radius 2 is 1.54 bits per heavy atom. The highest BCUT2D eigenvalue weighted by Gasteiger charge is 2.56. The van der Waals surface area contributed by atoms with Crippen molar-refractivity contribution < 1.29 is 14.7 Å². The second-order valence-corrected chi connectivity index (χ2v) is 8.73. The Hall–Kier alpha value is -0.970. The number of carbonyl (C=O) groups is 2. The highest BCUT2D eigenvalue weighted by molar-refractivity contribution is 14.1. The third-order valence-corrected chi connectivity index (χ3v) is 6.74. The molecule has 5 rings (SSSR count). The van der Waals surface area contributed by atoms with E-state index in [-0.39, 0.29) is 41.2 Å². The van der Waals surface area contributed by atoms with Crippen molar-refractivity contribution in [1.82, 2.24) is 5.01 Å².